The third-order valence-corrected chi connectivity index (χ3v) is 4.10. The van der Waals surface area contributed by atoms with Crippen LogP contribution in [0.3, 0.4) is 0 Å². The van der Waals surface area contributed by atoms with Crippen LogP contribution in [0.5, 0.6) is 0 Å². The van der Waals surface area contributed by atoms with Crippen molar-refractivity contribution in [2.45, 2.75) is 45.4 Å². The molecule has 0 saturated carbocycles. The summed E-state index contributed by atoms with van der Waals surface area (Å²) in [5.74, 6) is 0.845. The molecule has 1 aromatic heterocycles. The van der Waals surface area contributed by atoms with Gasteiger partial charge >= 0.3 is 6.03 Å². The van der Waals surface area contributed by atoms with Gasteiger partial charge in [-0.05, 0) is 37.8 Å². The molecule has 0 radical (unpaired) electrons. The lowest BCUT2D eigenvalue weighted by Crippen LogP contribution is -2.37. The van der Waals surface area contributed by atoms with Gasteiger partial charge in [-0.1, -0.05) is 29.4 Å². The molecular formula is C17H22N4O3. The van der Waals surface area contributed by atoms with E-state index in [-0.39, 0.29) is 24.7 Å². The zero-order valence-electron chi connectivity index (χ0n) is 13.9. The van der Waals surface area contributed by atoms with E-state index in [1.165, 1.54) is 11.1 Å². The minimum atomic E-state index is -0.241. The van der Waals surface area contributed by atoms with Crippen molar-refractivity contribution in [3.63, 3.8) is 0 Å². The summed E-state index contributed by atoms with van der Waals surface area (Å²) in [6.45, 7) is 4.53. The van der Waals surface area contributed by atoms with Crippen LogP contribution in [0.1, 0.15) is 55.3 Å². The highest BCUT2D eigenvalue weighted by Crippen LogP contribution is 2.30. The maximum atomic E-state index is 12.1. The predicted octanol–water partition coefficient (Wildman–Crippen LogP) is 2.65. The Hall–Kier alpha value is -2.41. The molecular weight excluding hydrogens is 308 g/mol. The van der Waals surface area contributed by atoms with Gasteiger partial charge in [0.1, 0.15) is 6.10 Å². The lowest BCUT2D eigenvalue weighted by Gasteiger charge is -2.14. The number of carbonyl (C=O) groups is 1. The standard InChI is InChI=1S/C17H22N4O3/c1-3-23-11(2)16-20-15(24-21-16)10-18-17(22)19-14-9-8-12-6-4-5-7-13(12)14/h4-7,11,14H,3,8-10H2,1-2H3,(H2,18,19,22)/t11-,14-/m0/s1. The highest BCUT2D eigenvalue weighted by molar-refractivity contribution is 5.74. The van der Waals surface area contributed by atoms with Crippen LogP contribution in [0.4, 0.5) is 4.79 Å². The zero-order valence-corrected chi connectivity index (χ0v) is 13.9. The molecule has 2 atom stereocenters. The number of nitrogens with zero attached hydrogens (tertiary/aromatic N) is 2. The molecule has 1 aromatic carbocycles. The summed E-state index contributed by atoms with van der Waals surface area (Å²) in [6.07, 6.45) is 1.68. The predicted molar refractivity (Wildman–Crippen MR) is 87.2 cm³/mol. The maximum absolute atomic E-state index is 12.1. The van der Waals surface area contributed by atoms with Crippen molar-refractivity contribution in [3.05, 3.63) is 47.1 Å². The van der Waals surface area contributed by atoms with Gasteiger partial charge in [-0.3, -0.25) is 0 Å². The van der Waals surface area contributed by atoms with Crippen molar-refractivity contribution in [3.8, 4) is 0 Å². The van der Waals surface area contributed by atoms with E-state index >= 15 is 0 Å². The van der Waals surface area contributed by atoms with Gasteiger partial charge in [0.15, 0.2) is 5.82 Å². The molecule has 3 rings (SSSR count). The lowest BCUT2D eigenvalue weighted by molar-refractivity contribution is 0.0683. The van der Waals surface area contributed by atoms with Crippen LogP contribution in [0.2, 0.25) is 0 Å². The number of nitrogens with one attached hydrogen (secondary N) is 2. The highest BCUT2D eigenvalue weighted by Gasteiger charge is 2.23. The normalized spacial score (nSPS) is 17.3. The van der Waals surface area contributed by atoms with E-state index < -0.39 is 0 Å². The van der Waals surface area contributed by atoms with Crippen LogP contribution in [-0.4, -0.2) is 22.8 Å². The Bertz CT molecular complexity index is 701. The van der Waals surface area contributed by atoms with Crippen LogP contribution in [0.25, 0.3) is 0 Å². The summed E-state index contributed by atoms with van der Waals surface area (Å²) in [7, 11) is 0. The highest BCUT2D eigenvalue weighted by atomic mass is 16.5. The number of fused-ring (bicyclic) bond motifs is 1. The van der Waals surface area contributed by atoms with Crippen molar-refractivity contribution >= 4 is 6.03 Å². The summed E-state index contributed by atoms with van der Waals surface area (Å²) in [6, 6.07) is 8.00. The van der Waals surface area contributed by atoms with Crippen LogP contribution < -0.4 is 10.6 Å². The molecule has 0 spiro atoms. The second kappa shape index (κ2) is 7.44. The van der Waals surface area contributed by atoms with Gasteiger partial charge in [0.05, 0.1) is 12.6 Å². The number of aryl methyl sites for hydroxylation is 1. The molecule has 0 aliphatic heterocycles. The number of ether oxygens (including phenoxy) is 1. The van der Waals surface area contributed by atoms with E-state index in [0.717, 1.165) is 12.8 Å². The summed E-state index contributed by atoms with van der Waals surface area (Å²) in [5.41, 5.74) is 2.49. The Kier molecular flexibility index (Phi) is 5.10. The number of urea groups is 1. The molecule has 24 heavy (non-hydrogen) atoms. The van der Waals surface area contributed by atoms with Gasteiger partial charge in [-0.25, -0.2) is 4.79 Å². The quantitative estimate of drug-likeness (QED) is 0.850. The second-order valence-corrected chi connectivity index (χ2v) is 5.76. The molecule has 0 fully saturated rings. The van der Waals surface area contributed by atoms with Crippen LogP contribution in [-0.2, 0) is 17.7 Å². The molecule has 0 unspecified atom stereocenters. The van der Waals surface area contributed by atoms with E-state index in [9.17, 15) is 4.79 Å². The molecule has 2 amide bonds. The minimum Gasteiger partial charge on any atom is -0.371 e. The monoisotopic (exact) mass is 330 g/mol. The molecule has 7 heteroatoms. The molecule has 0 bridgehead atoms. The Morgan fingerprint density at radius 1 is 1.46 bits per heavy atom. The molecule has 1 heterocycles. The molecule has 1 aliphatic carbocycles. The molecule has 128 valence electrons. The number of hydrogen-bond acceptors (Lipinski definition) is 5. The third kappa shape index (κ3) is 3.73. The average Bonchev–Trinajstić information content (AvgIpc) is 3.21. The fraction of sp³-hybridized carbons (Fsp3) is 0.471. The first kappa shape index (κ1) is 16.4. The summed E-state index contributed by atoms with van der Waals surface area (Å²) < 4.78 is 10.5. The Morgan fingerprint density at radius 2 is 2.29 bits per heavy atom. The average molecular weight is 330 g/mol. The van der Waals surface area contributed by atoms with Crippen LogP contribution >= 0.6 is 0 Å². The number of carbonyl (C=O) groups excluding carboxylic acids is 1. The van der Waals surface area contributed by atoms with E-state index in [1.807, 2.05) is 26.0 Å². The van der Waals surface area contributed by atoms with Gasteiger partial charge in [0.25, 0.3) is 0 Å². The zero-order chi connectivity index (χ0) is 16.9. The van der Waals surface area contributed by atoms with E-state index in [4.69, 9.17) is 9.26 Å². The van der Waals surface area contributed by atoms with Gasteiger partial charge in [-0.2, -0.15) is 4.98 Å². The third-order valence-electron chi connectivity index (χ3n) is 4.10. The summed E-state index contributed by atoms with van der Waals surface area (Å²) >= 11 is 0. The lowest BCUT2D eigenvalue weighted by atomic mass is 10.1. The molecule has 0 saturated heterocycles. The molecule has 1 aliphatic rings. The van der Waals surface area contributed by atoms with Gasteiger partial charge in [0, 0.05) is 6.61 Å². The van der Waals surface area contributed by atoms with E-state index in [1.54, 1.807) is 0 Å². The SMILES string of the molecule is CCO[C@@H](C)c1noc(CNC(=O)N[C@H]2CCc3ccccc32)n1. The van der Waals surface area contributed by atoms with E-state index in [0.29, 0.717) is 18.3 Å². The summed E-state index contributed by atoms with van der Waals surface area (Å²) in [4.78, 5) is 16.3. The van der Waals surface area contributed by atoms with Crippen molar-refractivity contribution in [2.75, 3.05) is 6.61 Å². The van der Waals surface area contributed by atoms with Gasteiger partial charge < -0.3 is 19.9 Å². The summed E-state index contributed by atoms with van der Waals surface area (Å²) in [5, 5.41) is 9.61. The molecule has 7 nitrogen and oxygen atoms in total. The maximum Gasteiger partial charge on any atom is 0.315 e. The van der Waals surface area contributed by atoms with Crippen molar-refractivity contribution < 1.29 is 14.1 Å². The second-order valence-electron chi connectivity index (χ2n) is 5.76. The topological polar surface area (TPSA) is 89.3 Å². The van der Waals surface area contributed by atoms with Crippen LogP contribution in [0, 0.1) is 0 Å². The van der Waals surface area contributed by atoms with Crippen LogP contribution in [0.15, 0.2) is 28.8 Å². The Morgan fingerprint density at radius 3 is 3.12 bits per heavy atom. The Labute approximate surface area is 140 Å². The van der Waals surface area contributed by atoms with Gasteiger partial charge in [-0.15, -0.1) is 0 Å². The van der Waals surface area contributed by atoms with Crippen molar-refractivity contribution in [1.29, 1.82) is 0 Å². The first-order valence-corrected chi connectivity index (χ1v) is 8.23. The number of hydrogen-bond donors (Lipinski definition) is 2. The number of amides is 2. The molecule has 2 N–H and O–H groups in total. The number of benzene rings is 1. The van der Waals surface area contributed by atoms with E-state index in [2.05, 4.69) is 32.9 Å². The fourth-order valence-electron chi connectivity index (χ4n) is 2.90. The first-order valence-electron chi connectivity index (χ1n) is 8.23. The minimum absolute atomic E-state index is 0.0532. The van der Waals surface area contributed by atoms with Crippen molar-refractivity contribution in [1.82, 2.24) is 20.8 Å². The molecule has 2 aromatic rings. The van der Waals surface area contributed by atoms with Gasteiger partial charge in [0.2, 0.25) is 5.89 Å². The first-order chi connectivity index (χ1) is 11.7. The van der Waals surface area contributed by atoms with Crippen molar-refractivity contribution in [2.24, 2.45) is 0 Å². The number of rotatable bonds is 6. The Balaban J connectivity index is 1.50. The smallest absolute Gasteiger partial charge is 0.315 e. The largest absolute Gasteiger partial charge is 0.371 e. The fourth-order valence-corrected chi connectivity index (χ4v) is 2.90. The number of aromatic nitrogens is 2.